The van der Waals surface area contributed by atoms with Gasteiger partial charge in [0.15, 0.2) is 0 Å². The van der Waals surface area contributed by atoms with Crippen molar-refractivity contribution in [2.75, 3.05) is 13.1 Å². The summed E-state index contributed by atoms with van der Waals surface area (Å²) in [6.07, 6.45) is 5.70. The van der Waals surface area contributed by atoms with Crippen molar-refractivity contribution >= 4 is 0 Å². The molecule has 0 bridgehead atoms. The third-order valence-corrected chi connectivity index (χ3v) is 4.09. The number of nitriles is 1. The molecule has 3 heteroatoms. The first-order valence-electron chi connectivity index (χ1n) is 8.35. The van der Waals surface area contributed by atoms with Crippen molar-refractivity contribution < 1.29 is 0 Å². The van der Waals surface area contributed by atoms with Crippen LogP contribution in [0, 0.1) is 17.2 Å². The van der Waals surface area contributed by atoms with Gasteiger partial charge in [0.05, 0.1) is 6.07 Å². The van der Waals surface area contributed by atoms with Crippen LogP contribution in [-0.4, -0.2) is 35.6 Å². The summed E-state index contributed by atoms with van der Waals surface area (Å²) >= 11 is 0. The Hall–Kier alpha value is -0.590. The normalized spacial score (nSPS) is 18.6. The minimum atomic E-state index is -0.332. The SMILES string of the molecule is CCC(C#N)(CCCN(CC(C)C)C1CC1)NC(C)C. The maximum absolute atomic E-state index is 9.53. The molecule has 0 aliphatic heterocycles. The Bertz CT molecular complexity index is 315. The van der Waals surface area contributed by atoms with Crippen LogP contribution in [0.5, 0.6) is 0 Å². The van der Waals surface area contributed by atoms with Crippen molar-refractivity contribution in [2.24, 2.45) is 5.92 Å². The lowest BCUT2D eigenvalue weighted by atomic mass is 9.91. The molecular weight excluding hydrogens is 246 g/mol. The molecule has 1 atom stereocenters. The summed E-state index contributed by atoms with van der Waals surface area (Å²) in [5, 5.41) is 13.0. The number of nitrogens with zero attached hydrogens (tertiary/aromatic N) is 2. The third-order valence-electron chi connectivity index (χ3n) is 4.09. The van der Waals surface area contributed by atoms with Gasteiger partial charge in [0.1, 0.15) is 5.54 Å². The molecular formula is C17H33N3. The third kappa shape index (κ3) is 5.81. The van der Waals surface area contributed by atoms with Crippen molar-refractivity contribution in [3.63, 3.8) is 0 Å². The number of rotatable bonds is 10. The minimum absolute atomic E-state index is 0.332. The van der Waals surface area contributed by atoms with Gasteiger partial charge >= 0.3 is 0 Å². The highest BCUT2D eigenvalue weighted by Gasteiger charge is 2.31. The molecule has 0 amide bonds. The van der Waals surface area contributed by atoms with E-state index in [1.807, 2.05) is 0 Å². The molecule has 0 aromatic heterocycles. The van der Waals surface area contributed by atoms with Crippen LogP contribution >= 0.6 is 0 Å². The van der Waals surface area contributed by atoms with Crippen LogP contribution in [0.2, 0.25) is 0 Å². The zero-order chi connectivity index (χ0) is 15.2. The van der Waals surface area contributed by atoms with Gasteiger partial charge in [-0.15, -0.1) is 0 Å². The predicted octanol–water partition coefficient (Wildman–Crippen LogP) is 3.56. The lowest BCUT2D eigenvalue weighted by molar-refractivity contribution is 0.218. The van der Waals surface area contributed by atoms with Crippen molar-refractivity contribution in [3.8, 4) is 6.07 Å². The summed E-state index contributed by atoms with van der Waals surface area (Å²) in [6, 6.07) is 3.72. The minimum Gasteiger partial charge on any atom is -0.300 e. The van der Waals surface area contributed by atoms with E-state index < -0.39 is 0 Å². The van der Waals surface area contributed by atoms with Crippen LogP contribution in [0.25, 0.3) is 0 Å². The second-order valence-corrected chi connectivity index (χ2v) is 7.07. The van der Waals surface area contributed by atoms with Gasteiger partial charge in [-0.1, -0.05) is 20.8 Å². The predicted molar refractivity (Wildman–Crippen MR) is 85.6 cm³/mol. The second kappa shape index (κ2) is 8.00. The van der Waals surface area contributed by atoms with E-state index in [1.54, 1.807) is 0 Å². The Balaban J connectivity index is 2.44. The molecule has 0 aromatic rings. The number of hydrogen-bond acceptors (Lipinski definition) is 3. The van der Waals surface area contributed by atoms with E-state index in [1.165, 1.54) is 19.4 Å². The van der Waals surface area contributed by atoms with Crippen LogP contribution in [0.15, 0.2) is 0 Å². The molecule has 1 unspecified atom stereocenters. The fourth-order valence-corrected chi connectivity index (χ4v) is 2.99. The van der Waals surface area contributed by atoms with Crippen LogP contribution in [0.4, 0.5) is 0 Å². The van der Waals surface area contributed by atoms with Crippen molar-refractivity contribution in [3.05, 3.63) is 0 Å². The maximum Gasteiger partial charge on any atom is 0.106 e. The summed E-state index contributed by atoms with van der Waals surface area (Å²) in [5.74, 6) is 0.733. The van der Waals surface area contributed by atoms with Gasteiger partial charge < -0.3 is 4.90 Å². The maximum atomic E-state index is 9.53. The molecule has 3 nitrogen and oxygen atoms in total. The first-order chi connectivity index (χ1) is 9.42. The lowest BCUT2D eigenvalue weighted by Gasteiger charge is -2.31. The average molecular weight is 279 g/mol. The van der Waals surface area contributed by atoms with Crippen LogP contribution in [0.1, 0.15) is 66.7 Å². The fourth-order valence-electron chi connectivity index (χ4n) is 2.99. The number of hydrogen-bond donors (Lipinski definition) is 1. The van der Waals surface area contributed by atoms with Crippen LogP contribution in [-0.2, 0) is 0 Å². The van der Waals surface area contributed by atoms with E-state index in [-0.39, 0.29) is 5.54 Å². The molecule has 1 fully saturated rings. The highest BCUT2D eigenvalue weighted by atomic mass is 15.2. The van der Waals surface area contributed by atoms with Gasteiger partial charge in [-0.05, 0) is 58.4 Å². The topological polar surface area (TPSA) is 39.1 Å². The molecule has 0 aromatic carbocycles. The molecule has 1 aliphatic rings. The molecule has 0 heterocycles. The van der Waals surface area contributed by atoms with Gasteiger partial charge in [-0.3, -0.25) is 5.32 Å². The van der Waals surface area contributed by atoms with Gasteiger partial charge in [-0.25, -0.2) is 0 Å². The van der Waals surface area contributed by atoms with Gasteiger partial charge in [0, 0.05) is 18.6 Å². The van der Waals surface area contributed by atoms with Crippen molar-refractivity contribution in [1.29, 1.82) is 5.26 Å². The molecule has 116 valence electrons. The smallest absolute Gasteiger partial charge is 0.106 e. The van der Waals surface area contributed by atoms with Gasteiger partial charge in [0.25, 0.3) is 0 Å². The average Bonchev–Trinajstić information content (AvgIpc) is 3.19. The van der Waals surface area contributed by atoms with Crippen molar-refractivity contribution in [1.82, 2.24) is 10.2 Å². The molecule has 20 heavy (non-hydrogen) atoms. The van der Waals surface area contributed by atoms with Gasteiger partial charge in [0.2, 0.25) is 0 Å². The molecule has 0 saturated heterocycles. The standard InChI is InChI=1S/C17H33N3/c1-6-17(13-18,19-15(4)5)10-7-11-20(12-14(2)3)16-8-9-16/h14-16,19H,6-12H2,1-5H3. The second-order valence-electron chi connectivity index (χ2n) is 7.07. The first kappa shape index (κ1) is 17.5. The largest absolute Gasteiger partial charge is 0.300 e. The van der Waals surface area contributed by atoms with E-state index in [0.717, 1.165) is 37.8 Å². The van der Waals surface area contributed by atoms with E-state index in [9.17, 15) is 5.26 Å². The molecule has 1 rings (SSSR count). The zero-order valence-electron chi connectivity index (χ0n) is 14.1. The Morgan fingerprint density at radius 3 is 2.35 bits per heavy atom. The lowest BCUT2D eigenvalue weighted by Crippen LogP contribution is -2.47. The quantitative estimate of drug-likeness (QED) is 0.664. The highest BCUT2D eigenvalue weighted by Crippen LogP contribution is 2.28. The summed E-state index contributed by atoms with van der Waals surface area (Å²) in [5.41, 5.74) is -0.332. The Morgan fingerprint density at radius 1 is 1.30 bits per heavy atom. The Morgan fingerprint density at radius 2 is 1.95 bits per heavy atom. The summed E-state index contributed by atoms with van der Waals surface area (Å²) in [6.45, 7) is 13.3. The summed E-state index contributed by atoms with van der Waals surface area (Å²) in [7, 11) is 0. The van der Waals surface area contributed by atoms with Crippen LogP contribution < -0.4 is 5.32 Å². The van der Waals surface area contributed by atoms with E-state index >= 15 is 0 Å². The van der Waals surface area contributed by atoms with E-state index in [4.69, 9.17) is 0 Å². The fraction of sp³-hybridized carbons (Fsp3) is 0.941. The van der Waals surface area contributed by atoms with Crippen LogP contribution in [0.3, 0.4) is 0 Å². The monoisotopic (exact) mass is 279 g/mol. The molecule has 0 spiro atoms. The summed E-state index contributed by atoms with van der Waals surface area (Å²) in [4.78, 5) is 2.64. The highest BCUT2D eigenvalue weighted by molar-refractivity contribution is 5.07. The van der Waals surface area contributed by atoms with Gasteiger partial charge in [-0.2, -0.15) is 5.26 Å². The summed E-state index contributed by atoms with van der Waals surface area (Å²) < 4.78 is 0. The number of nitrogens with one attached hydrogen (secondary N) is 1. The zero-order valence-corrected chi connectivity index (χ0v) is 14.1. The molecule has 1 saturated carbocycles. The molecule has 1 aliphatic carbocycles. The van der Waals surface area contributed by atoms with Crippen molar-refractivity contribution in [2.45, 2.75) is 84.3 Å². The van der Waals surface area contributed by atoms with E-state index in [0.29, 0.717) is 6.04 Å². The Kier molecular flexibility index (Phi) is 6.99. The van der Waals surface area contributed by atoms with E-state index in [2.05, 4.69) is 50.9 Å². The Labute approximate surface area is 125 Å². The molecule has 0 radical (unpaired) electrons. The first-order valence-corrected chi connectivity index (χ1v) is 8.35. The molecule has 1 N–H and O–H groups in total.